The van der Waals surface area contributed by atoms with Gasteiger partial charge in [-0.25, -0.2) is 9.78 Å². The highest BCUT2D eigenvalue weighted by Crippen LogP contribution is 2.35. The zero-order chi connectivity index (χ0) is 20.9. The number of nitrogens with zero attached hydrogens (tertiary/aromatic N) is 2. The number of pyridine rings is 1. The van der Waals surface area contributed by atoms with Gasteiger partial charge in [-0.05, 0) is 24.6 Å². The van der Waals surface area contributed by atoms with Gasteiger partial charge in [0.15, 0.2) is 0 Å². The Morgan fingerprint density at radius 2 is 1.82 bits per heavy atom. The average molecular weight is 389 g/mol. The van der Waals surface area contributed by atoms with Crippen LogP contribution in [0.3, 0.4) is 0 Å². The Bertz CT molecular complexity index is 1010. The molecule has 0 atom stereocenters. The summed E-state index contributed by atoms with van der Waals surface area (Å²) in [5.74, 6) is -1.92. The van der Waals surface area contributed by atoms with Crippen LogP contribution in [0.2, 0.25) is 0 Å². The molecule has 144 valence electrons. The molecule has 0 aliphatic heterocycles. The van der Waals surface area contributed by atoms with Gasteiger partial charge in [-0.3, -0.25) is 0 Å². The van der Waals surface area contributed by atoms with Gasteiger partial charge in [0, 0.05) is 11.1 Å². The van der Waals surface area contributed by atoms with Gasteiger partial charge in [0.05, 0.1) is 12.0 Å². The lowest BCUT2D eigenvalue weighted by Crippen LogP contribution is -2.21. The summed E-state index contributed by atoms with van der Waals surface area (Å²) in [6, 6.07) is 15.5. The molecule has 6 nitrogen and oxygen atoms in total. The standard InChI is InChI=1S/C17H13N3O.C2HF3O2/c1-11-15(14-8-5-9-21-14)13(10-18)17(19)20-16(11)12-6-3-2-4-7-12;3-2(4,5)1(6)7/h2-9H,1H3,(H2,19,20);(H,6,7). The molecule has 2 heterocycles. The lowest BCUT2D eigenvalue weighted by atomic mass is 9.96. The molecule has 0 spiro atoms. The van der Waals surface area contributed by atoms with E-state index >= 15 is 0 Å². The third kappa shape index (κ3) is 4.48. The summed E-state index contributed by atoms with van der Waals surface area (Å²) < 4.78 is 37.2. The molecule has 3 N–H and O–H groups in total. The second-order valence-electron chi connectivity index (χ2n) is 5.48. The summed E-state index contributed by atoms with van der Waals surface area (Å²) in [5.41, 5.74) is 9.62. The van der Waals surface area contributed by atoms with E-state index in [4.69, 9.17) is 20.1 Å². The summed E-state index contributed by atoms with van der Waals surface area (Å²) in [7, 11) is 0. The number of hydrogen-bond acceptors (Lipinski definition) is 5. The molecule has 0 saturated heterocycles. The van der Waals surface area contributed by atoms with Gasteiger partial charge in [-0.2, -0.15) is 18.4 Å². The molecule has 0 aliphatic carbocycles. The normalized spacial score (nSPS) is 10.5. The van der Waals surface area contributed by atoms with Crippen molar-refractivity contribution in [3.8, 4) is 28.7 Å². The Kier molecular flexibility index (Phi) is 6.05. The summed E-state index contributed by atoms with van der Waals surface area (Å²) in [5, 5.41) is 16.5. The van der Waals surface area contributed by atoms with E-state index in [9.17, 15) is 18.4 Å². The van der Waals surface area contributed by atoms with Gasteiger partial charge in [0.2, 0.25) is 0 Å². The van der Waals surface area contributed by atoms with E-state index in [0.29, 0.717) is 16.9 Å². The second kappa shape index (κ2) is 8.26. The number of hydrogen-bond donors (Lipinski definition) is 2. The number of halogens is 3. The molecule has 0 radical (unpaired) electrons. The highest BCUT2D eigenvalue weighted by Gasteiger charge is 2.38. The molecule has 3 rings (SSSR count). The number of carboxylic acid groups (broad SMARTS) is 1. The summed E-state index contributed by atoms with van der Waals surface area (Å²) >= 11 is 0. The minimum absolute atomic E-state index is 0.216. The topological polar surface area (TPSA) is 113 Å². The Balaban J connectivity index is 0.000000345. The monoisotopic (exact) mass is 389 g/mol. The van der Waals surface area contributed by atoms with Crippen LogP contribution in [0.1, 0.15) is 11.1 Å². The number of benzene rings is 1. The number of nitrogen functional groups attached to an aromatic ring is 1. The minimum Gasteiger partial charge on any atom is -0.475 e. The van der Waals surface area contributed by atoms with Crippen molar-refractivity contribution in [3.05, 3.63) is 59.9 Å². The molecule has 0 saturated carbocycles. The van der Waals surface area contributed by atoms with Gasteiger partial charge in [0.1, 0.15) is 23.2 Å². The zero-order valence-corrected chi connectivity index (χ0v) is 14.5. The van der Waals surface area contributed by atoms with E-state index in [2.05, 4.69) is 11.1 Å². The largest absolute Gasteiger partial charge is 0.490 e. The molecule has 0 amide bonds. The highest BCUT2D eigenvalue weighted by molar-refractivity contribution is 5.82. The Morgan fingerprint density at radius 1 is 1.21 bits per heavy atom. The van der Waals surface area contributed by atoms with Crippen molar-refractivity contribution in [1.29, 1.82) is 5.26 Å². The fourth-order valence-electron chi connectivity index (χ4n) is 2.41. The number of carboxylic acids is 1. The molecule has 28 heavy (non-hydrogen) atoms. The molecule has 0 bridgehead atoms. The van der Waals surface area contributed by atoms with E-state index in [0.717, 1.165) is 16.8 Å². The molecule has 0 unspecified atom stereocenters. The first-order valence-electron chi connectivity index (χ1n) is 7.76. The van der Waals surface area contributed by atoms with Crippen LogP contribution < -0.4 is 5.73 Å². The maximum Gasteiger partial charge on any atom is 0.490 e. The van der Waals surface area contributed by atoms with Crippen LogP contribution in [-0.4, -0.2) is 22.2 Å². The maximum atomic E-state index is 10.6. The molecular weight excluding hydrogens is 375 g/mol. The van der Waals surface area contributed by atoms with E-state index in [1.807, 2.05) is 43.3 Å². The van der Waals surface area contributed by atoms with Gasteiger partial charge >= 0.3 is 12.1 Å². The predicted molar refractivity (Wildman–Crippen MR) is 94.9 cm³/mol. The van der Waals surface area contributed by atoms with E-state index in [1.54, 1.807) is 12.3 Å². The lowest BCUT2D eigenvalue weighted by molar-refractivity contribution is -0.192. The quantitative estimate of drug-likeness (QED) is 0.671. The number of carbonyl (C=O) groups is 1. The molecule has 1 aromatic carbocycles. The SMILES string of the molecule is Cc1c(-c2ccccc2)nc(N)c(C#N)c1-c1ccco1.O=C(O)C(F)(F)F. The molecular formula is C19H14F3N3O3. The fourth-order valence-corrected chi connectivity index (χ4v) is 2.41. The number of furan rings is 1. The maximum absolute atomic E-state index is 10.6. The van der Waals surface area contributed by atoms with Crippen molar-refractivity contribution in [2.45, 2.75) is 13.1 Å². The number of nitrogens with two attached hydrogens (primary N) is 1. The number of anilines is 1. The summed E-state index contributed by atoms with van der Waals surface area (Å²) in [6.45, 7) is 1.92. The second-order valence-corrected chi connectivity index (χ2v) is 5.48. The van der Waals surface area contributed by atoms with Gasteiger partial charge in [-0.1, -0.05) is 30.3 Å². The van der Waals surface area contributed by atoms with Crippen molar-refractivity contribution in [1.82, 2.24) is 4.98 Å². The van der Waals surface area contributed by atoms with Crippen molar-refractivity contribution >= 4 is 11.8 Å². The number of rotatable bonds is 2. The van der Waals surface area contributed by atoms with E-state index < -0.39 is 12.1 Å². The zero-order valence-electron chi connectivity index (χ0n) is 14.5. The van der Waals surface area contributed by atoms with Crippen LogP contribution in [0.4, 0.5) is 19.0 Å². The Hall–Kier alpha value is -3.80. The highest BCUT2D eigenvalue weighted by atomic mass is 19.4. The first-order valence-corrected chi connectivity index (χ1v) is 7.76. The van der Waals surface area contributed by atoms with Crippen LogP contribution in [0.15, 0.2) is 53.1 Å². The predicted octanol–water partition coefficient (Wildman–Crippen LogP) is 4.40. The van der Waals surface area contributed by atoms with Gasteiger partial charge < -0.3 is 15.3 Å². The third-order valence-corrected chi connectivity index (χ3v) is 3.64. The number of nitriles is 1. The first-order chi connectivity index (χ1) is 13.2. The minimum atomic E-state index is -5.08. The van der Waals surface area contributed by atoms with Crippen LogP contribution in [0, 0.1) is 18.3 Å². The van der Waals surface area contributed by atoms with Gasteiger partial charge in [0.25, 0.3) is 0 Å². The smallest absolute Gasteiger partial charge is 0.475 e. The summed E-state index contributed by atoms with van der Waals surface area (Å²) in [6.07, 6.45) is -3.51. The average Bonchev–Trinajstić information content (AvgIpc) is 3.17. The molecule has 0 fully saturated rings. The van der Waals surface area contributed by atoms with Crippen LogP contribution >= 0.6 is 0 Å². The Morgan fingerprint density at radius 3 is 2.29 bits per heavy atom. The van der Waals surface area contributed by atoms with Gasteiger partial charge in [-0.15, -0.1) is 0 Å². The van der Waals surface area contributed by atoms with Crippen LogP contribution in [-0.2, 0) is 4.79 Å². The number of aromatic nitrogens is 1. The van der Waals surface area contributed by atoms with Crippen molar-refractivity contribution in [2.24, 2.45) is 0 Å². The summed E-state index contributed by atoms with van der Waals surface area (Å²) in [4.78, 5) is 13.3. The van der Waals surface area contributed by atoms with Crippen LogP contribution in [0.25, 0.3) is 22.6 Å². The molecule has 3 aromatic rings. The van der Waals surface area contributed by atoms with E-state index in [1.165, 1.54) is 0 Å². The van der Waals surface area contributed by atoms with Crippen molar-refractivity contribution < 1.29 is 27.5 Å². The number of alkyl halides is 3. The molecule has 0 aliphatic rings. The van der Waals surface area contributed by atoms with Crippen molar-refractivity contribution in [3.63, 3.8) is 0 Å². The molecule has 9 heteroatoms. The molecule has 2 aromatic heterocycles. The third-order valence-electron chi connectivity index (χ3n) is 3.64. The van der Waals surface area contributed by atoms with Crippen molar-refractivity contribution in [2.75, 3.05) is 5.73 Å². The number of aliphatic carboxylic acids is 1. The Labute approximate surface area is 157 Å². The van der Waals surface area contributed by atoms with E-state index in [-0.39, 0.29) is 5.82 Å². The van der Waals surface area contributed by atoms with Crippen LogP contribution in [0.5, 0.6) is 0 Å². The lowest BCUT2D eigenvalue weighted by Gasteiger charge is -2.13. The fraction of sp³-hybridized carbons (Fsp3) is 0.105. The first kappa shape index (κ1) is 20.5.